The topological polar surface area (TPSA) is 77.1 Å². The highest BCUT2D eigenvalue weighted by Crippen LogP contribution is 2.30. The first-order chi connectivity index (χ1) is 9.26. The summed E-state index contributed by atoms with van der Waals surface area (Å²) in [5, 5.41) is 1.57. The van der Waals surface area contributed by atoms with Crippen LogP contribution in [0.1, 0.15) is 11.4 Å². The third-order valence-electron chi connectivity index (χ3n) is 2.81. The van der Waals surface area contributed by atoms with Crippen molar-refractivity contribution in [3.8, 4) is 5.75 Å². The molecule has 0 radical (unpaired) electrons. The molecule has 2 aromatic heterocycles. The van der Waals surface area contributed by atoms with Crippen LogP contribution in [0, 0.1) is 0 Å². The molecule has 3 rings (SSSR count). The van der Waals surface area contributed by atoms with Gasteiger partial charge in [-0.1, -0.05) is 11.6 Å². The summed E-state index contributed by atoms with van der Waals surface area (Å²) in [5.74, 6) is 0.600. The van der Waals surface area contributed by atoms with Crippen LogP contribution in [0.3, 0.4) is 0 Å². The summed E-state index contributed by atoms with van der Waals surface area (Å²) in [6.07, 6.45) is 2.90. The molecular formula is C13H12ClN3O2. The van der Waals surface area contributed by atoms with Crippen LogP contribution in [0.15, 0.2) is 35.3 Å². The first-order valence-corrected chi connectivity index (χ1v) is 6.15. The van der Waals surface area contributed by atoms with E-state index in [0.717, 1.165) is 16.6 Å². The average molecular weight is 278 g/mol. The van der Waals surface area contributed by atoms with E-state index in [1.807, 2.05) is 18.2 Å². The molecule has 0 aliphatic rings. The van der Waals surface area contributed by atoms with E-state index in [9.17, 15) is 0 Å². The van der Waals surface area contributed by atoms with E-state index >= 15 is 0 Å². The standard InChI is InChI=1S/C13H12ClN3O2/c14-11-2-8-1-9(4-15)17-12(8)3-13(11)19-6-10-5-18-7-16-10/h1-3,5,7,17H,4,6,15H2. The van der Waals surface area contributed by atoms with Gasteiger partial charge >= 0.3 is 0 Å². The quantitative estimate of drug-likeness (QED) is 0.769. The lowest BCUT2D eigenvalue weighted by atomic mass is 10.2. The number of fused-ring (bicyclic) bond motifs is 1. The van der Waals surface area contributed by atoms with Crippen LogP contribution in [0.5, 0.6) is 5.75 Å². The SMILES string of the molecule is NCc1cc2cc(Cl)c(OCc3cocn3)cc2[nH]1. The van der Waals surface area contributed by atoms with Crippen molar-refractivity contribution >= 4 is 22.5 Å². The van der Waals surface area contributed by atoms with Crippen LogP contribution in [0.25, 0.3) is 10.9 Å². The number of hydrogen-bond acceptors (Lipinski definition) is 4. The second-order valence-corrected chi connectivity index (χ2v) is 4.54. The molecule has 0 amide bonds. The van der Waals surface area contributed by atoms with Crippen molar-refractivity contribution in [2.24, 2.45) is 5.73 Å². The number of hydrogen-bond donors (Lipinski definition) is 2. The van der Waals surface area contributed by atoms with E-state index < -0.39 is 0 Å². The lowest BCUT2D eigenvalue weighted by molar-refractivity contribution is 0.301. The van der Waals surface area contributed by atoms with Gasteiger partial charge in [0.15, 0.2) is 6.39 Å². The van der Waals surface area contributed by atoms with Crippen LogP contribution in [0.2, 0.25) is 5.02 Å². The van der Waals surface area contributed by atoms with E-state index in [0.29, 0.717) is 29.6 Å². The van der Waals surface area contributed by atoms with Crippen LogP contribution in [0.4, 0.5) is 0 Å². The highest BCUT2D eigenvalue weighted by atomic mass is 35.5. The van der Waals surface area contributed by atoms with Gasteiger partial charge in [-0.15, -0.1) is 0 Å². The van der Waals surface area contributed by atoms with Gasteiger partial charge in [0.05, 0.1) is 5.02 Å². The molecular weight excluding hydrogens is 266 g/mol. The van der Waals surface area contributed by atoms with Crippen molar-refractivity contribution in [3.63, 3.8) is 0 Å². The fourth-order valence-electron chi connectivity index (χ4n) is 1.87. The predicted octanol–water partition coefficient (Wildman–Crippen LogP) is 2.85. The zero-order chi connectivity index (χ0) is 13.2. The van der Waals surface area contributed by atoms with Crippen LogP contribution in [-0.2, 0) is 13.2 Å². The molecule has 3 aromatic rings. The maximum absolute atomic E-state index is 6.18. The Balaban J connectivity index is 1.88. The van der Waals surface area contributed by atoms with Crippen molar-refractivity contribution in [1.82, 2.24) is 9.97 Å². The molecule has 19 heavy (non-hydrogen) atoms. The first-order valence-electron chi connectivity index (χ1n) is 5.77. The van der Waals surface area contributed by atoms with E-state index in [2.05, 4.69) is 9.97 Å². The zero-order valence-electron chi connectivity index (χ0n) is 10.0. The molecule has 0 fully saturated rings. The Labute approximate surface area is 114 Å². The minimum atomic E-state index is 0.312. The van der Waals surface area contributed by atoms with Gasteiger partial charge in [0, 0.05) is 29.2 Å². The number of ether oxygens (including phenoxy) is 1. The summed E-state index contributed by atoms with van der Waals surface area (Å²) < 4.78 is 10.5. The molecule has 98 valence electrons. The van der Waals surface area contributed by atoms with Gasteiger partial charge < -0.3 is 19.9 Å². The molecule has 0 aliphatic heterocycles. The normalized spacial score (nSPS) is 11.1. The minimum Gasteiger partial charge on any atom is -0.486 e. The van der Waals surface area contributed by atoms with Crippen molar-refractivity contribution in [1.29, 1.82) is 0 Å². The van der Waals surface area contributed by atoms with E-state index in [-0.39, 0.29) is 0 Å². The Hall–Kier alpha value is -1.98. The number of benzene rings is 1. The summed E-state index contributed by atoms with van der Waals surface area (Å²) in [6.45, 7) is 0.771. The molecule has 2 heterocycles. The Morgan fingerprint density at radius 2 is 2.26 bits per heavy atom. The number of nitrogens with one attached hydrogen (secondary N) is 1. The van der Waals surface area contributed by atoms with Crippen molar-refractivity contribution in [2.45, 2.75) is 13.2 Å². The summed E-state index contributed by atoms with van der Waals surface area (Å²) in [4.78, 5) is 7.19. The lowest BCUT2D eigenvalue weighted by Crippen LogP contribution is -1.96. The largest absolute Gasteiger partial charge is 0.486 e. The van der Waals surface area contributed by atoms with Crippen molar-refractivity contribution in [3.05, 3.63) is 47.3 Å². The molecule has 0 saturated heterocycles. The fraction of sp³-hybridized carbons (Fsp3) is 0.154. The van der Waals surface area contributed by atoms with Crippen LogP contribution < -0.4 is 10.5 Å². The van der Waals surface area contributed by atoms with Gasteiger partial charge in [-0.05, 0) is 12.1 Å². The number of rotatable bonds is 4. The highest BCUT2D eigenvalue weighted by Gasteiger charge is 2.08. The number of nitrogens with zero attached hydrogens (tertiary/aromatic N) is 1. The molecule has 0 bridgehead atoms. The van der Waals surface area contributed by atoms with Gasteiger partial charge in [-0.25, -0.2) is 4.98 Å². The third kappa shape index (κ3) is 2.43. The molecule has 3 N–H and O–H groups in total. The Morgan fingerprint density at radius 3 is 3.00 bits per heavy atom. The molecule has 0 atom stereocenters. The number of aromatic amines is 1. The summed E-state index contributed by atoms with van der Waals surface area (Å²) in [5.41, 5.74) is 8.21. The Bertz CT molecular complexity index is 691. The number of H-pyrrole nitrogens is 1. The van der Waals surface area contributed by atoms with Crippen LogP contribution in [-0.4, -0.2) is 9.97 Å². The molecule has 5 nitrogen and oxygen atoms in total. The molecule has 0 unspecified atom stereocenters. The summed E-state index contributed by atoms with van der Waals surface area (Å²) >= 11 is 6.18. The summed E-state index contributed by atoms with van der Waals surface area (Å²) in [7, 11) is 0. The average Bonchev–Trinajstić information content (AvgIpc) is 3.04. The number of aromatic nitrogens is 2. The number of nitrogens with two attached hydrogens (primary N) is 1. The van der Waals surface area contributed by atoms with Crippen LogP contribution >= 0.6 is 11.6 Å². The fourth-order valence-corrected chi connectivity index (χ4v) is 2.10. The zero-order valence-corrected chi connectivity index (χ0v) is 10.8. The number of halogens is 1. The summed E-state index contributed by atoms with van der Waals surface area (Å²) in [6, 6.07) is 5.68. The van der Waals surface area contributed by atoms with Gasteiger partial charge in [-0.2, -0.15) is 0 Å². The highest BCUT2D eigenvalue weighted by molar-refractivity contribution is 6.32. The smallest absolute Gasteiger partial charge is 0.180 e. The first kappa shape index (κ1) is 12.1. The van der Waals surface area contributed by atoms with Gasteiger partial charge in [0.1, 0.15) is 24.3 Å². The lowest BCUT2D eigenvalue weighted by Gasteiger charge is -2.06. The van der Waals surface area contributed by atoms with Gasteiger partial charge in [-0.3, -0.25) is 0 Å². The second-order valence-electron chi connectivity index (χ2n) is 4.14. The molecule has 6 heteroatoms. The molecule has 0 spiro atoms. The van der Waals surface area contributed by atoms with Crippen molar-refractivity contribution < 1.29 is 9.15 Å². The predicted molar refractivity (Wildman–Crippen MR) is 72.0 cm³/mol. The van der Waals surface area contributed by atoms with E-state index in [1.54, 1.807) is 0 Å². The maximum Gasteiger partial charge on any atom is 0.180 e. The maximum atomic E-state index is 6.18. The Morgan fingerprint density at radius 1 is 1.37 bits per heavy atom. The molecule has 0 aliphatic carbocycles. The Kier molecular flexibility index (Phi) is 3.15. The van der Waals surface area contributed by atoms with E-state index in [1.165, 1.54) is 12.7 Å². The minimum absolute atomic E-state index is 0.312. The molecule has 0 saturated carbocycles. The second kappa shape index (κ2) is 4.95. The van der Waals surface area contributed by atoms with E-state index in [4.69, 9.17) is 26.5 Å². The molecule has 1 aromatic carbocycles. The van der Waals surface area contributed by atoms with Gasteiger partial charge in [0.25, 0.3) is 0 Å². The monoisotopic (exact) mass is 277 g/mol. The van der Waals surface area contributed by atoms with Gasteiger partial charge in [0.2, 0.25) is 0 Å². The van der Waals surface area contributed by atoms with Crippen molar-refractivity contribution in [2.75, 3.05) is 0 Å². The number of oxazole rings is 1. The third-order valence-corrected chi connectivity index (χ3v) is 3.10.